The summed E-state index contributed by atoms with van der Waals surface area (Å²) in [6.07, 6.45) is 4.76. The van der Waals surface area contributed by atoms with Gasteiger partial charge >= 0.3 is 5.69 Å². The second-order valence-electron chi connectivity index (χ2n) is 7.25. The van der Waals surface area contributed by atoms with Gasteiger partial charge < -0.3 is 19.9 Å². The molecule has 0 saturated carbocycles. The zero-order valence-electron chi connectivity index (χ0n) is 17.8. The van der Waals surface area contributed by atoms with E-state index in [1.807, 2.05) is 17.5 Å². The van der Waals surface area contributed by atoms with Gasteiger partial charge in [-0.15, -0.1) is 11.3 Å². The Bertz CT molecular complexity index is 1340. The minimum Gasteiger partial charge on any atom is -0.496 e. The predicted molar refractivity (Wildman–Crippen MR) is 128 cm³/mol. The van der Waals surface area contributed by atoms with E-state index in [0.29, 0.717) is 39.4 Å². The molecule has 0 aliphatic heterocycles. The van der Waals surface area contributed by atoms with Crippen LogP contribution in [0.5, 0.6) is 5.75 Å². The van der Waals surface area contributed by atoms with Gasteiger partial charge in [0.15, 0.2) is 5.78 Å². The number of ketones is 1. The van der Waals surface area contributed by atoms with E-state index in [1.165, 1.54) is 29.1 Å². The number of nitrogens with zero attached hydrogens (tertiary/aromatic N) is 1. The van der Waals surface area contributed by atoms with Crippen molar-refractivity contribution < 1.29 is 19.7 Å². The monoisotopic (exact) mass is 462 g/mol. The first-order valence-corrected chi connectivity index (χ1v) is 11.0. The lowest BCUT2D eigenvalue weighted by molar-refractivity contribution is 0.104. The number of aliphatic hydroxyl groups is 2. The average molecular weight is 463 g/mol. The molecule has 2 heterocycles. The number of thiophene rings is 1. The number of aromatic nitrogens is 2. The summed E-state index contributed by atoms with van der Waals surface area (Å²) in [5.41, 5.74) is 3.12. The van der Waals surface area contributed by atoms with Crippen molar-refractivity contribution in [2.24, 2.45) is 0 Å². The summed E-state index contributed by atoms with van der Waals surface area (Å²) in [5.74, 6) is 0.196. The van der Waals surface area contributed by atoms with E-state index in [2.05, 4.69) is 4.98 Å². The minimum atomic E-state index is -0.286. The van der Waals surface area contributed by atoms with Crippen LogP contribution in [-0.4, -0.2) is 32.7 Å². The van der Waals surface area contributed by atoms with Gasteiger partial charge in [-0.1, -0.05) is 24.3 Å². The van der Waals surface area contributed by atoms with Crippen LogP contribution < -0.4 is 10.4 Å². The molecule has 0 saturated heterocycles. The van der Waals surface area contributed by atoms with Gasteiger partial charge in [0, 0.05) is 17.3 Å². The molecule has 0 atom stereocenters. The maximum atomic E-state index is 12.8. The van der Waals surface area contributed by atoms with E-state index in [4.69, 9.17) is 4.74 Å². The van der Waals surface area contributed by atoms with Crippen LogP contribution in [0.1, 0.15) is 27.0 Å². The molecule has 8 heteroatoms. The number of nitrogens with one attached hydrogen (secondary N) is 1. The Morgan fingerprint density at radius 3 is 2.70 bits per heavy atom. The van der Waals surface area contributed by atoms with E-state index in [-0.39, 0.29) is 24.7 Å². The molecule has 0 bridgehead atoms. The van der Waals surface area contributed by atoms with Crippen molar-refractivity contribution in [3.63, 3.8) is 0 Å². The maximum absolute atomic E-state index is 12.8. The first-order chi connectivity index (χ1) is 16.0. The quantitative estimate of drug-likeness (QED) is 0.273. The summed E-state index contributed by atoms with van der Waals surface area (Å²) in [5, 5.41) is 21.0. The number of allylic oxidation sites excluding steroid dienone is 1. The average Bonchev–Trinajstić information content (AvgIpc) is 3.51. The highest BCUT2D eigenvalue weighted by molar-refractivity contribution is 7.13. The Morgan fingerprint density at radius 1 is 1.15 bits per heavy atom. The van der Waals surface area contributed by atoms with Crippen LogP contribution in [0.4, 0.5) is 0 Å². The number of methoxy groups -OCH3 is 1. The Hall–Kier alpha value is -3.72. The summed E-state index contributed by atoms with van der Waals surface area (Å²) in [7, 11) is 1.48. The Balaban J connectivity index is 1.60. The molecular weight excluding hydrogens is 440 g/mol. The number of ether oxygens (including phenoxy) is 1. The van der Waals surface area contributed by atoms with Crippen LogP contribution in [0.25, 0.3) is 22.3 Å². The van der Waals surface area contributed by atoms with E-state index < -0.39 is 0 Å². The lowest BCUT2D eigenvalue weighted by Crippen LogP contribution is -2.14. The molecule has 0 aliphatic rings. The molecule has 7 nitrogen and oxygen atoms in total. The molecule has 4 aromatic rings. The van der Waals surface area contributed by atoms with Crippen LogP contribution in [-0.2, 0) is 13.2 Å². The van der Waals surface area contributed by atoms with Crippen molar-refractivity contribution in [1.82, 2.24) is 9.55 Å². The van der Waals surface area contributed by atoms with Gasteiger partial charge in [0.2, 0.25) is 0 Å². The van der Waals surface area contributed by atoms with Gasteiger partial charge in [0.25, 0.3) is 0 Å². The number of carbonyl (C=O) groups is 1. The van der Waals surface area contributed by atoms with Crippen LogP contribution in [0.15, 0.2) is 71.0 Å². The van der Waals surface area contributed by atoms with Gasteiger partial charge in [-0.05, 0) is 52.9 Å². The van der Waals surface area contributed by atoms with Crippen LogP contribution in [0.3, 0.4) is 0 Å². The number of benzene rings is 2. The fraction of sp³-hybridized carbons (Fsp3) is 0.120. The van der Waals surface area contributed by atoms with Crippen LogP contribution in [0.2, 0.25) is 0 Å². The normalized spacial score (nSPS) is 11.2. The SMILES string of the molecule is COc1cc(/C=C/C(=O)c2cccc(-n3cc(-c4cccs4)[nH]c3=O)c2)cc(CO)c1CO. The largest absolute Gasteiger partial charge is 0.496 e. The predicted octanol–water partition coefficient (Wildman–Crippen LogP) is 3.78. The number of hydrogen-bond acceptors (Lipinski definition) is 6. The molecule has 3 N–H and O–H groups in total. The second kappa shape index (κ2) is 9.83. The molecule has 0 radical (unpaired) electrons. The smallest absolute Gasteiger partial charge is 0.330 e. The molecule has 0 aliphatic carbocycles. The fourth-order valence-corrected chi connectivity index (χ4v) is 4.24. The van der Waals surface area contributed by atoms with Gasteiger partial charge in [0.1, 0.15) is 5.75 Å². The molecule has 168 valence electrons. The number of aliphatic hydroxyl groups excluding tert-OH is 2. The van der Waals surface area contributed by atoms with E-state index in [1.54, 1.807) is 48.7 Å². The summed E-state index contributed by atoms with van der Waals surface area (Å²) in [4.78, 5) is 29.1. The van der Waals surface area contributed by atoms with Gasteiger partial charge in [-0.2, -0.15) is 0 Å². The number of hydrogen-bond donors (Lipinski definition) is 3. The van der Waals surface area contributed by atoms with Gasteiger partial charge in [-0.25, -0.2) is 4.79 Å². The Labute approximate surface area is 193 Å². The van der Waals surface area contributed by atoms with Crippen molar-refractivity contribution >= 4 is 23.2 Å². The minimum absolute atomic E-state index is 0.241. The second-order valence-corrected chi connectivity index (χ2v) is 8.19. The number of carbonyl (C=O) groups excluding carboxylic acids is 1. The van der Waals surface area contributed by atoms with E-state index >= 15 is 0 Å². The molecule has 0 spiro atoms. The summed E-state index contributed by atoms with van der Waals surface area (Å²) in [6.45, 7) is -0.524. The highest BCUT2D eigenvalue weighted by Gasteiger charge is 2.12. The van der Waals surface area contributed by atoms with Crippen molar-refractivity contribution in [3.8, 4) is 22.0 Å². The highest BCUT2D eigenvalue weighted by atomic mass is 32.1. The van der Waals surface area contributed by atoms with Crippen LogP contribution >= 0.6 is 11.3 Å². The third-order valence-electron chi connectivity index (χ3n) is 5.21. The zero-order chi connectivity index (χ0) is 23.4. The topological polar surface area (TPSA) is 105 Å². The van der Waals surface area contributed by atoms with E-state index in [0.717, 1.165) is 4.88 Å². The Kier molecular flexibility index (Phi) is 6.69. The van der Waals surface area contributed by atoms with Crippen molar-refractivity contribution in [1.29, 1.82) is 0 Å². The summed E-state index contributed by atoms with van der Waals surface area (Å²) < 4.78 is 6.76. The standard InChI is InChI=1S/C25H22N2O5S/c1-32-23-11-16(10-18(14-28)20(23)15-29)7-8-22(30)17-4-2-5-19(12-17)27-13-21(26-25(27)31)24-6-3-9-33-24/h2-13,28-29H,14-15H2,1H3,(H,26,31)/b8-7+. The molecule has 0 amide bonds. The first-order valence-electron chi connectivity index (χ1n) is 10.1. The molecule has 2 aromatic carbocycles. The number of imidazole rings is 1. The van der Waals surface area contributed by atoms with Crippen molar-refractivity contribution in [2.75, 3.05) is 7.11 Å². The van der Waals surface area contributed by atoms with Crippen LogP contribution in [0, 0.1) is 0 Å². The summed E-state index contributed by atoms with van der Waals surface area (Å²) in [6, 6.07) is 14.1. The third-order valence-corrected chi connectivity index (χ3v) is 6.12. The van der Waals surface area contributed by atoms with Gasteiger partial charge in [0.05, 0.1) is 36.6 Å². The number of rotatable bonds is 8. The molecule has 33 heavy (non-hydrogen) atoms. The third kappa shape index (κ3) is 4.73. The fourth-order valence-electron chi connectivity index (χ4n) is 3.55. The molecule has 0 fully saturated rings. The zero-order valence-corrected chi connectivity index (χ0v) is 18.6. The van der Waals surface area contributed by atoms with E-state index in [9.17, 15) is 19.8 Å². The molecule has 0 unspecified atom stereocenters. The maximum Gasteiger partial charge on any atom is 0.330 e. The summed E-state index contributed by atoms with van der Waals surface area (Å²) >= 11 is 1.53. The molecule has 4 rings (SSSR count). The van der Waals surface area contributed by atoms with Crippen molar-refractivity contribution in [3.05, 3.63) is 98.9 Å². The Morgan fingerprint density at radius 2 is 2.00 bits per heavy atom. The number of H-pyrrole nitrogens is 1. The molecular formula is C25H22N2O5S. The lowest BCUT2D eigenvalue weighted by atomic mass is 10.0. The highest BCUT2D eigenvalue weighted by Crippen LogP contribution is 2.26. The molecule has 2 aromatic heterocycles. The van der Waals surface area contributed by atoms with Gasteiger partial charge in [-0.3, -0.25) is 9.36 Å². The first kappa shape index (κ1) is 22.5. The van der Waals surface area contributed by atoms with Crippen molar-refractivity contribution in [2.45, 2.75) is 13.2 Å². The number of aromatic amines is 1. The lowest BCUT2D eigenvalue weighted by Gasteiger charge is -2.12.